The molecule has 2 N–H and O–H groups in total. The molecule has 1 aliphatic heterocycles. The predicted molar refractivity (Wildman–Crippen MR) is 117 cm³/mol. The van der Waals surface area contributed by atoms with Crippen LogP contribution in [0.15, 0.2) is 48.5 Å². The summed E-state index contributed by atoms with van der Waals surface area (Å²) in [4.78, 5) is 18.0. The van der Waals surface area contributed by atoms with Gasteiger partial charge in [-0.05, 0) is 62.6 Å². The summed E-state index contributed by atoms with van der Waals surface area (Å²) in [6.07, 6.45) is 3.88. The minimum atomic E-state index is -0.299. The van der Waals surface area contributed by atoms with E-state index in [1.807, 2.05) is 26.0 Å². The number of nitrogens with zero attached hydrogens (tertiary/aromatic N) is 1. The van der Waals surface area contributed by atoms with Gasteiger partial charge in [0.05, 0.1) is 23.2 Å². The Morgan fingerprint density at radius 3 is 2.55 bits per heavy atom. The van der Waals surface area contributed by atoms with Gasteiger partial charge in [-0.15, -0.1) is 0 Å². The Kier molecular flexibility index (Phi) is 5.65. The van der Waals surface area contributed by atoms with Crippen LogP contribution in [0.3, 0.4) is 0 Å². The van der Waals surface area contributed by atoms with Crippen molar-refractivity contribution in [2.24, 2.45) is 0 Å². The quantitative estimate of drug-likeness (QED) is 0.631. The van der Waals surface area contributed by atoms with Crippen molar-refractivity contribution in [1.29, 1.82) is 0 Å². The third kappa shape index (κ3) is 4.34. The fraction of sp³-hybridized carbons (Fsp3) is 0.333. The molecule has 0 amide bonds. The van der Waals surface area contributed by atoms with E-state index in [9.17, 15) is 4.79 Å². The van der Waals surface area contributed by atoms with Gasteiger partial charge in [-0.3, -0.25) is 0 Å². The number of carbonyl (C=O) groups is 1. The molecule has 2 aromatic carbocycles. The van der Waals surface area contributed by atoms with E-state index in [1.54, 1.807) is 6.07 Å². The van der Waals surface area contributed by atoms with Crippen LogP contribution < -0.4 is 15.2 Å². The summed E-state index contributed by atoms with van der Waals surface area (Å²) in [7, 11) is 0. The molecule has 29 heavy (non-hydrogen) atoms. The fourth-order valence-corrected chi connectivity index (χ4v) is 3.93. The minimum Gasteiger partial charge on any atom is -0.462 e. The Balaban J connectivity index is 1.62. The number of aromatic nitrogens is 1. The zero-order valence-corrected chi connectivity index (χ0v) is 17.1. The third-order valence-corrected chi connectivity index (χ3v) is 5.38. The van der Waals surface area contributed by atoms with E-state index >= 15 is 0 Å². The Bertz CT molecular complexity index is 1010. The molecule has 5 nitrogen and oxygen atoms in total. The zero-order chi connectivity index (χ0) is 20.2. The number of pyridine rings is 1. The molecule has 0 atom stereocenters. The van der Waals surface area contributed by atoms with Gasteiger partial charge >= 0.3 is 5.97 Å². The Morgan fingerprint density at radius 2 is 1.83 bits per heavy atom. The molecular formula is C24H28N3O2+. The second-order valence-corrected chi connectivity index (χ2v) is 7.57. The molecule has 2 heterocycles. The number of H-pyrrole nitrogens is 1. The van der Waals surface area contributed by atoms with Crippen molar-refractivity contribution < 1.29 is 14.5 Å². The second kappa shape index (κ2) is 8.52. The molecule has 0 unspecified atom stereocenters. The van der Waals surface area contributed by atoms with Crippen LogP contribution in [0.5, 0.6) is 0 Å². The van der Waals surface area contributed by atoms with Crippen LogP contribution in [0.1, 0.15) is 42.2 Å². The smallest absolute Gasteiger partial charge is 0.338 e. The number of carbonyl (C=O) groups excluding carboxylic acids is 1. The maximum absolute atomic E-state index is 12.2. The first-order valence-electron chi connectivity index (χ1n) is 10.4. The van der Waals surface area contributed by atoms with E-state index in [4.69, 9.17) is 4.74 Å². The second-order valence-electron chi connectivity index (χ2n) is 7.57. The van der Waals surface area contributed by atoms with Gasteiger partial charge in [-0.25, -0.2) is 9.78 Å². The maximum atomic E-state index is 12.2. The van der Waals surface area contributed by atoms with Gasteiger partial charge in [0.2, 0.25) is 5.52 Å². The molecule has 0 aliphatic carbocycles. The van der Waals surface area contributed by atoms with Crippen molar-refractivity contribution in [2.45, 2.75) is 33.1 Å². The highest BCUT2D eigenvalue weighted by atomic mass is 16.5. The number of benzene rings is 2. The van der Waals surface area contributed by atoms with Crippen LogP contribution >= 0.6 is 0 Å². The highest BCUT2D eigenvalue weighted by Crippen LogP contribution is 2.28. The lowest BCUT2D eigenvalue weighted by Crippen LogP contribution is -2.29. The van der Waals surface area contributed by atoms with Crippen LogP contribution in [0.25, 0.3) is 10.9 Å². The molecule has 1 aromatic heterocycles. The standard InChI is InChI=1S/C24H27N3O2/c1-3-29-24(28)18-7-12-22-21(16-18)23(15-17(2)25-22)26-19-8-10-20(11-9-19)27-13-5-4-6-14-27/h7-12,15-16H,3-6,13-14H2,1-2H3,(H,25,26)/p+1. The summed E-state index contributed by atoms with van der Waals surface area (Å²) in [5.74, 6) is -0.299. The van der Waals surface area contributed by atoms with E-state index < -0.39 is 0 Å². The molecule has 1 saturated heterocycles. The number of hydrogen-bond donors (Lipinski definition) is 1. The number of aryl methyl sites for hydroxylation is 1. The average molecular weight is 391 g/mol. The van der Waals surface area contributed by atoms with Crippen LogP contribution in [0, 0.1) is 6.92 Å². The largest absolute Gasteiger partial charge is 0.462 e. The maximum Gasteiger partial charge on any atom is 0.338 e. The Labute approximate surface area is 171 Å². The van der Waals surface area contributed by atoms with Crippen LogP contribution in [-0.2, 0) is 4.74 Å². The van der Waals surface area contributed by atoms with Gasteiger partial charge in [0.15, 0.2) is 5.69 Å². The molecule has 3 aromatic rings. The van der Waals surface area contributed by atoms with Gasteiger partial charge < -0.3 is 15.0 Å². The lowest BCUT2D eigenvalue weighted by atomic mass is 10.1. The van der Waals surface area contributed by atoms with Crippen molar-refractivity contribution in [1.82, 2.24) is 0 Å². The summed E-state index contributed by atoms with van der Waals surface area (Å²) in [6, 6.07) is 16.3. The monoisotopic (exact) mass is 390 g/mol. The Morgan fingerprint density at radius 1 is 1.07 bits per heavy atom. The van der Waals surface area contributed by atoms with Gasteiger partial charge in [0.25, 0.3) is 0 Å². The fourth-order valence-electron chi connectivity index (χ4n) is 3.93. The summed E-state index contributed by atoms with van der Waals surface area (Å²) in [6.45, 7) is 6.49. The summed E-state index contributed by atoms with van der Waals surface area (Å²) in [5.41, 5.74) is 5.86. The van der Waals surface area contributed by atoms with Gasteiger partial charge in [-0.2, -0.15) is 0 Å². The molecule has 150 valence electrons. The highest BCUT2D eigenvalue weighted by Gasteiger charge is 2.15. The number of aromatic amines is 1. The van der Waals surface area contributed by atoms with Gasteiger partial charge in [0.1, 0.15) is 0 Å². The molecular weight excluding hydrogens is 362 g/mol. The lowest BCUT2D eigenvalue weighted by molar-refractivity contribution is -0.354. The van der Waals surface area contributed by atoms with Crippen LogP contribution in [0.2, 0.25) is 0 Å². The van der Waals surface area contributed by atoms with Gasteiger partial charge in [-0.1, -0.05) is 0 Å². The van der Waals surface area contributed by atoms with E-state index in [0.29, 0.717) is 12.2 Å². The lowest BCUT2D eigenvalue weighted by Gasteiger charge is -2.28. The van der Waals surface area contributed by atoms with Crippen molar-refractivity contribution in [2.75, 3.05) is 29.9 Å². The number of nitrogens with one attached hydrogen (secondary N) is 2. The van der Waals surface area contributed by atoms with Crippen molar-refractivity contribution in [3.63, 3.8) is 0 Å². The molecule has 0 spiro atoms. The number of piperidine rings is 1. The number of fused-ring (bicyclic) bond motifs is 1. The molecule has 0 bridgehead atoms. The van der Waals surface area contributed by atoms with E-state index in [1.165, 1.54) is 24.9 Å². The number of anilines is 3. The molecule has 5 heteroatoms. The normalized spacial score (nSPS) is 14.1. The van der Waals surface area contributed by atoms with Crippen molar-refractivity contribution >= 4 is 33.9 Å². The first-order valence-corrected chi connectivity index (χ1v) is 10.4. The van der Waals surface area contributed by atoms with E-state index in [2.05, 4.69) is 45.5 Å². The molecule has 4 rings (SSSR count). The van der Waals surface area contributed by atoms with E-state index in [0.717, 1.165) is 41.1 Å². The summed E-state index contributed by atoms with van der Waals surface area (Å²) < 4.78 is 5.16. The average Bonchev–Trinajstić information content (AvgIpc) is 2.75. The third-order valence-electron chi connectivity index (χ3n) is 5.38. The Hall–Kier alpha value is -3.08. The van der Waals surface area contributed by atoms with Gasteiger partial charge in [0, 0.05) is 43.5 Å². The molecule has 1 fully saturated rings. The van der Waals surface area contributed by atoms with Crippen LogP contribution in [0.4, 0.5) is 17.1 Å². The number of esters is 1. The molecule has 0 saturated carbocycles. The summed E-state index contributed by atoms with van der Waals surface area (Å²) >= 11 is 0. The number of ether oxygens (including phenoxy) is 1. The van der Waals surface area contributed by atoms with E-state index in [-0.39, 0.29) is 5.97 Å². The number of hydrogen-bond acceptors (Lipinski definition) is 4. The topological polar surface area (TPSA) is 55.7 Å². The predicted octanol–water partition coefficient (Wildman–Crippen LogP) is 4.87. The first-order chi connectivity index (χ1) is 14.1. The zero-order valence-electron chi connectivity index (χ0n) is 17.1. The highest BCUT2D eigenvalue weighted by molar-refractivity contribution is 5.98. The SMILES string of the molecule is CCOC(=O)c1ccc2[nH+]c(C)cc(Nc3ccc(N4CCCCC4)cc3)c2c1. The van der Waals surface area contributed by atoms with Crippen molar-refractivity contribution in [3.8, 4) is 0 Å². The molecule has 0 radical (unpaired) electrons. The van der Waals surface area contributed by atoms with Crippen LogP contribution in [-0.4, -0.2) is 25.7 Å². The summed E-state index contributed by atoms with van der Waals surface area (Å²) in [5, 5.41) is 4.48. The number of rotatable bonds is 5. The minimum absolute atomic E-state index is 0.299. The van der Waals surface area contributed by atoms with Crippen molar-refractivity contribution in [3.05, 3.63) is 59.8 Å². The first kappa shape index (κ1) is 19.2. The molecule has 1 aliphatic rings.